The van der Waals surface area contributed by atoms with Gasteiger partial charge in [0, 0.05) is 5.57 Å². The third kappa shape index (κ3) is 3.44. The number of amides is 1. The van der Waals surface area contributed by atoms with Crippen molar-refractivity contribution in [2.75, 3.05) is 6.61 Å². The second kappa shape index (κ2) is 6.36. The van der Waals surface area contributed by atoms with Crippen molar-refractivity contribution < 1.29 is 9.90 Å². The first-order valence-corrected chi connectivity index (χ1v) is 6.44. The molecule has 1 aromatic carbocycles. The smallest absolute Gasteiger partial charge is 0.247 e. The van der Waals surface area contributed by atoms with Gasteiger partial charge in [0.15, 0.2) is 0 Å². The molecule has 2 N–H and O–H groups in total. The van der Waals surface area contributed by atoms with E-state index in [0.717, 1.165) is 30.4 Å². The molecule has 1 aromatic rings. The van der Waals surface area contributed by atoms with E-state index in [9.17, 15) is 9.90 Å². The van der Waals surface area contributed by atoms with Crippen LogP contribution in [0.1, 0.15) is 24.8 Å². The molecule has 1 atom stereocenters. The molecule has 3 nitrogen and oxygen atoms in total. The molecule has 0 bridgehead atoms. The van der Waals surface area contributed by atoms with E-state index in [2.05, 4.69) is 5.32 Å². The molecule has 0 aliphatic heterocycles. The van der Waals surface area contributed by atoms with Gasteiger partial charge in [-0.1, -0.05) is 36.4 Å². The number of benzene rings is 1. The number of nitrogens with one attached hydrogen (secondary N) is 1. The Balaban J connectivity index is 1.91. The highest BCUT2D eigenvalue weighted by Gasteiger charge is 2.17. The van der Waals surface area contributed by atoms with Crippen molar-refractivity contribution in [3.63, 3.8) is 0 Å². The van der Waals surface area contributed by atoms with Crippen LogP contribution in [0.4, 0.5) is 0 Å². The largest absolute Gasteiger partial charge is 0.394 e. The molecule has 0 fully saturated rings. The van der Waals surface area contributed by atoms with Crippen LogP contribution < -0.4 is 5.32 Å². The van der Waals surface area contributed by atoms with Gasteiger partial charge in [-0.15, -0.1) is 0 Å². The molecule has 0 spiro atoms. The summed E-state index contributed by atoms with van der Waals surface area (Å²) in [6, 6.07) is 9.68. The summed E-state index contributed by atoms with van der Waals surface area (Å²) < 4.78 is 0. The summed E-state index contributed by atoms with van der Waals surface area (Å²) in [5.74, 6) is -0.0255. The van der Waals surface area contributed by atoms with E-state index in [-0.39, 0.29) is 18.6 Å². The van der Waals surface area contributed by atoms with Gasteiger partial charge in [0.2, 0.25) is 5.91 Å². The third-order valence-electron chi connectivity index (χ3n) is 3.21. The number of carbonyl (C=O) groups excluding carboxylic acids is 1. The molecule has 18 heavy (non-hydrogen) atoms. The van der Waals surface area contributed by atoms with Crippen molar-refractivity contribution in [1.82, 2.24) is 5.32 Å². The molecule has 0 aromatic heterocycles. The molecular weight excluding hydrogens is 226 g/mol. The number of aliphatic hydroxyl groups excluding tert-OH is 1. The van der Waals surface area contributed by atoms with Gasteiger partial charge in [0.05, 0.1) is 12.6 Å². The number of rotatable bonds is 5. The average Bonchev–Trinajstić information content (AvgIpc) is 2.93. The van der Waals surface area contributed by atoms with Crippen molar-refractivity contribution in [2.24, 2.45) is 0 Å². The minimum atomic E-state index is -0.207. The molecular formula is C15H19NO2. The standard InChI is InChI=1S/C15H19NO2/c17-11-14(10-12-6-2-1-3-7-12)16-15(18)13-8-4-5-9-13/h1-3,6-8,14,17H,4-5,9-11H2,(H,16,18). The molecule has 0 saturated heterocycles. The van der Waals surface area contributed by atoms with Crippen LogP contribution in [-0.2, 0) is 11.2 Å². The fourth-order valence-corrected chi connectivity index (χ4v) is 2.22. The van der Waals surface area contributed by atoms with Crippen molar-refractivity contribution in [2.45, 2.75) is 31.7 Å². The molecule has 3 heteroatoms. The predicted octanol–water partition coefficient (Wildman–Crippen LogP) is 1.82. The van der Waals surface area contributed by atoms with E-state index >= 15 is 0 Å². The van der Waals surface area contributed by atoms with Gasteiger partial charge in [-0.3, -0.25) is 4.79 Å². The summed E-state index contributed by atoms with van der Waals surface area (Å²) in [6.45, 7) is -0.0338. The quantitative estimate of drug-likeness (QED) is 0.831. The van der Waals surface area contributed by atoms with E-state index in [1.165, 1.54) is 0 Å². The van der Waals surface area contributed by atoms with Crippen molar-refractivity contribution >= 4 is 5.91 Å². The zero-order chi connectivity index (χ0) is 12.8. The van der Waals surface area contributed by atoms with Crippen LogP contribution in [-0.4, -0.2) is 23.7 Å². The fourth-order valence-electron chi connectivity index (χ4n) is 2.22. The second-order valence-corrected chi connectivity index (χ2v) is 4.66. The number of aliphatic hydroxyl groups is 1. The van der Waals surface area contributed by atoms with E-state index < -0.39 is 0 Å². The van der Waals surface area contributed by atoms with Crippen molar-refractivity contribution in [3.05, 3.63) is 47.5 Å². The van der Waals surface area contributed by atoms with Crippen LogP contribution >= 0.6 is 0 Å². The van der Waals surface area contributed by atoms with E-state index in [1.807, 2.05) is 36.4 Å². The number of allylic oxidation sites excluding steroid dienone is 1. The molecule has 1 aliphatic carbocycles. The lowest BCUT2D eigenvalue weighted by Gasteiger charge is -2.16. The summed E-state index contributed by atoms with van der Waals surface area (Å²) in [4.78, 5) is 11.9. The van der Waals surface area contributed by atoms with Gasteiger partial charge in [-0.2, -0.15) is 0 Å². The minimum Gasteiger partial charge on any atom is -0.394 e. The Labute approximate surface area is 108 Å². The Kier molecular flexibility index (Phi) is 4.53. The first-order chi connectivity index (χ1) is 8.79. The molecule has 1 amide bonds. The van der Waals surface area contributed by atoms with Gasteiger partial charge in [0.1, 0.15) is 0 Å². The summed E-state index contributed by atoms with van der Waals surface area (Å²) in [5.41, 5.74) is 1.98. The molecule has 0 radical (unpaired) electrons. The molecule has 96 valence electrons. The van der Waals surface area contributed by atoms with Gasteiger partial charge < -0.3 is 10.4 Å². The summed E-state index contributed by atoms with van der Waals surface area (Å²) in [5, 5.41) is 12.2. The monoisotopic (exact) mass is 245 g/mol. The Morgan fingerprint density at radius 2 is 2.11 bits per heavy atom. The summed E-state index contributed by atoms with van der Waals surface area (Å²) in [6.07, 6.45) is 5.56. The molecule has 0 heterocycles. The minimum absolute atomic E-state index is 0.0255. The highest BCUT2D eigenvalue weighted by molar-refractivity contribution is 5.93. The molecule has 1 unspecified atom stereocenters. The van der Waals surface area contributed by atoms with Gasteiger partial charge >= 0.3 is 0 Å². The lowest BCUT2D eigenvalue weighted by molar-refractivity contribution is -0.118. The van der Waals surface area contributed by atoms with Gasteiger partial charge in [-0.05, 0) is 31.2 Å². The lowest BCUT2D eigenvalue weighted by atomic mass is 10.1. The SMILES string of the molecule is O=C(NC(CO)Cc1ccccc1)C1=CCCC1. The molecule has 2 rings (SSSR count). The van der Waals surface area contributed by atoms with Crippen molar-refractivity contribution in [1.29, 1.82) is 0 Å². The van der Waals surface area contributed by atoms with Crippen LogP contribution in [0.3, 0.4) is 0 Å². The number of hydrogen-bond donors (Lipinski definition) is 2. The summed E-state index contributed by atoms with van der Waals surface area (Å²) in [7, 11) is 0. The summed E-state index contributed by atoms with van der Waals surface area (Å²) >= 11 is 0. The maximum absolute atomic E-state index is 11.9. The maximum Gasteiger partial charge on any atom is 0.247 e. The topological polar surface area (TPSA) is 49.3 Å². The fraction of sp³-hybridized carbons (Fsp3) is 0.400. The van der Waals surface area contributed by atoms with Crippen LogP contribution in [0.25, 0.3) is 0 Å². The van der Waals surface area contributed by atoms with Gasteiger partial charge in [-0.25, -0.2) is 0 Å². The third-order valence-corrected chi connectivity index (χ3v) is 3.21. The molecule has 0 saturated carbocycles. The van der Waals surface area contributed by atoms with Crippen LogP contribution in [0.15, 0.2) is 42.0 Å². The zero-order valence-corrected chi connectivity index (χ0v) is 10.4. The van der Waals surface area contributed by atoms with Crippen LogP contribution in [0.2, 0.25) is 0 Å². The Hall–Kier alpha value is -1.61. The Bertz CT molecular complexity index is 425. The van der Waals surface area contributed by atoms with E-state index in [4.69, 9.17) is 0 Å². The van der Waals surface area contributed by atoms with Crippen LogP contribution in [0.5, 0.6) is 0 Å². The van der Waals surface area contributed by atoms with Gasteiger partial charge in [0.25, 0.3) is 0 Å². The Morgan fingerprint density at radius 1 is 1.33 bits per heavy atom. The highest BCUT2D eigenvalue weighted by atomic mass is 16.3. The first-order valence-electron chi connectivity index (χ1n) is 6.44. The number of hydrogen-bond acceptors (Lipinski definition) is 2. The zero-order valence-electron chi connectivity index (χ0n) is 10.4. The Morgan fingerprint density at radius 3 is 2.72 bits per heavy atom. The highest BCUT2D eigenvalue weighted by Crippen LogP contribution is 2.17. The van der Waals surface area contributed by atoms with E-state index in [1.54, 1.807) is 0 Å². The second-order valence-electron chi connectivity index (χ2n) is 4.66. The average molecular weight is 245 g/mol. The molecule has 1 aliphatic rings. The number of carbonyl (C=O) groups is 1. The normalized spacial score (nSPS) is 16.2. The predicted molar refractivity (Wildman–Crippen MR) is 71.1 cm³/mol. The maximum atomic E-state index is 11.9. The first kappa shape index (κ1) is 12.8. The van der Waals surface area contributed by atoms with E-state index in [0.29, 0.717) is 6.42 Å². The van der Waals surface area contributed by atoms with Crippen LogP contribution in [0, 0.1) is 0 Å². The van der Waals surface area contributed by atoms with Crippen molar-refractivity contribution in [3.8, 4) is 0 Å². The lowest BCUT2D eigenvalue weighted by Crippen LogP contribution is -2.39.